The Hall–Kier alpha value is -1.14. The van der Waals surface area contributed by atoms with Crippen LogP contribution in [0.25, 0.3) is 0 Å². The average Bonchev–Trinajstić information content (AvgIpc) is 2.49. The van der Waals surface area contributed by atoms with Crippen LogP contribution in [0.5, 0.6) is 0 Å². The molecule has 2 N–H and O–H groups in total. The fraction of sp³-hybridized carbons (Fsp3) is 0.600. The number of benzene rings is 1. The highest BCUT2D eigenvalue weighted by molar-refractivity contribution is 5.52. The van der Waals surface area contributed by atoms with Crippen molar-refractivity contribution >= 4 is 5.69 Å². The molecule has 0 aliphatic rings. The van der Waals surface area contributed by atoms with E-state index in [-0.39, 0.29) is 0 Å². The summed E-state index contributed by atoms with van der Waals surface area (Å²) in [5.41, 5.74) is 8.05. The molecule has 1 aromatic rings. The summed E-state index contributed by atoms with van der Waals surface area (Å²) in [6.07, 6.45) is 0. The van der Waals surface area contributed by atoms with Crippen LogP contribution in [0, 0.1) is 0 Å². The maximum Gasteiger partial charge on any atom is 0.0701 e. The minimum Gasteiger partial charge on any atom is -0.382 e. The van der Waals surface area contributed by atoms with Crippen LogP contribution in [0.15, 0.2) is 24.3 Å². The predicted octanol–water partition coefficient (Wildman–Crippen LogP) is 1.26. The summed E-state index contributed by atoms with van der Waals surface area (Å²) in [4.78, 5) is 2.16. The number of likely N-dealkylation sites (N-methyl/N-ethyl adjacent to an activating group) is 1. The van der Waals surface area contributed by atoms with Gasteiger partial charge in [0.25, 0.3) is 0 Å². The minimum absolute atomic E-state index is 0.550. The fourth-order valence-electron chi connectivity index (χ4n) is 1.84. The van der Waals surface area contributed by atoms with Crippen LogP contribution in [0.1, 0.15) is 5.56 Å². The molecule has 20 heavy (non-hydrogen) atoms. The summed E-state index contributed by atoms with van der Waals surface area (Å²) < 4.78 is 15.8. The normalized spacial score (nSPS) is 10.8. The van der Waals surface area contributed by atoms with E-state index in [1.54, 1.807) is 7.11 Å². The van der Waals surface area contributed by atoms with Crippen LogP contribution >= 0.6 is 0 Å². The van der Waals surface area contributed by atoms with E-state index < -0.39 is 0 Å². The Morgan fingerprint density at radius 1 is 1.00 bits per heavy atom. The number of hydrogen-bond acceptors (Lipinski definition) is 5. The lowest BCUT2D eigenvalue weighted by Crippen LogP contribution is -2.24. The molecule has 1 rings (SSSR count). The minimum atomic E-state index is 0.550. The lowest BCUT2D eigenvalue weighted by Gasteiger charge is -2.22. The first-order valence-corrected chi connectivity index (χ1v) is 6.93. The molecule has 0 aliphatic carbocycles. The molecule has 0 spiro atoms. The van der Waals surface area contributed by atoms with Crippen molar-refractivity contribution in [3.8, 4) is 0 Å². The van der Waals surface area contributed by atoms with Crippen molar-refractivity contribution in [1.29, 1.82) is 0 Å². The summed E-state index contributed by atoms with van der Waals surface area (Å²) in [7, 11) is 3.71. The predicted molar refractivity (Wildman–Crippen MR) is 81.1 cm³/mol. The fourth-order valence-corrected chi connectivity index (χ4v) is 1.84. The largest absolute Gasteiger partial charge is 0.382 e. The van der Waals surface area contributed by atoms with E-state index in [1.165, 1.54) is 0 Å². The molecule has 0 atom stereocenters. The first-order valence-electron chi connectivity index (χ1n) is 6.93. The zero-order chi connectivity index (χ0) is 14.6. The number of ether oxygens (including phenoxy) is 3. The lowest BCUT2D eigenvalue weighted by molar-refractivity contribution is 0.0266. The molecule has 1 aromatic carbocycles. The molecule has 0 bridgehead atoms. The van der Waals surface area contributed by atoms with Gasteiger partial charge in [-0.1, -0.05) is 18.2 Å². The van der Waals surface area contributed by atoms with Crippen LogP contribution < -0.4 is 10.6 Å². The lowest BCUT2D eigenvalue weighted by atomic mass is 10.1. The van der Waals surface area contributed by atoms with Crippen LogP contribution in [0.4, 0.5) is 5.69 Å². The average molecular weight is 282 g/mol. The van der Waals surface area contributed by atoms with E-state index in [0.717, 1.165) is 17.8 Å². The van der Waals surface area contributed by atoms with Crippen LogP contribution in [0.2, 0.25) is 0 Å². The van der Waals surface area contributed by atoms with Crippen molar-refractivity contribution in [3.63, 3.8) is 0 Å². The summed E-state index contributed by atoms with van der Waals surface area (Å²) >= 11 is 0. The maximum atomic E-state index is 5.74. The SMILES string of the molecule is COCCOCCOCCN(C)c1ccccc1CN. The Morgan fingerprint density at radius 2 is 1.65 bits per heavy atom. The molecule has 0 aromatic heterocycles. The third-order valence-electron chi connectivity index (χ3n) is 3.00. The van der Waals surface area contributed by atoms with E-state index in [2.05, 4.69) is 17.0 Å². The number of anilines is 1. The molecule has 0 radical (unpaired) electrons. The van der Waals surface area contributed by atoms with Crippen molar-refractivity contribution in [2.75, 3.05) is 58.6 Å². The van der Waals surface area contributed by atoms with Gasteiger partial charge in [-0.15, -0.1) is 0 Å². The Kier molecular flexibility index (Phi) is 8.98. The summed E-state index contributed by atoms with van der Waals surface area (Å²) in [6.45, 7) is 4.50. The second-order valence-electron chi connectivity index (χ2n) is 4.47. The first-order chi connectivity index (χ1) is 9.79. The van der Waals surface area contributed by atoms with Gasteiger partial charge in [-0.05, 0) is 11.6 Å². The molecule has 5 heteroatoms. The van der Waals surface area contributed by atoms with Gasteiger partial charge < -0.3 is 24.8 Å². The van der Waals surface area contributed by atoms with Crippen molar-refractivity contribution in [3.05, 3.63) is 29.8 Å². The molecule has 5 nitrogen and oxygen atoms in total. The number of nitrogens with two attached hydrogens (primary N) is 1. The topological polar surface area (TPSA) is 57.0 Å². The van der Waals surface area contributed by atoms with E-state index in [0.29, 0.717) is 39.6 Å². The first kappa shape index (κ1) is 16.9. The molecular formula is C15H26N2O3. The Balaban J connectivity index is 2.15. The van der Waals surface area contributed by atoms with Crippen molar-refractivity contribution in [1.82, 2.24) is 0 Å². The molecule has 0 fully saturated rings. The molecular weight excluding hydrogens is 256 g/mol. The molecule has 0 saturated carbocycles. The number of nitrogens with zero attached hydrogens (tertiary/aromatic N) is 1. The van der Waals surface area contributed by atoms with Gasteiger partial charge >= 0.3 is 0 Å². The molecule has 0 aliphatic heterocycles. The molecule has 0 unspecified atom stereocenters. The van der Waals surface area contributed by atoms with Crippen LogP contribution in [0.3, 0.4) is 0 Å². The van der Waals surface area contributed by atoms with Gasteiger partial charge in [0.2, 0.25) is 0 Å². The molecule has 0 saturated heterocycles. The van der Waals surface area contributed by atoms with E-state index in [4.69, 9.17) is 19.9 Å². The number of methoxy groups -OCH3 is 1. The maximum absolute atomic E-state index is 5.74. The highest BCUT2D eigenvalue weighted by atomic mass is 16.5. The molecule has 0 amide bonds. The smallest absolute Gasteiger partial charge is 0.0701 e. The van der Waals surface area contributed by atoms with Gasteiger partial charge in [-0.2, -0.15) is 0 Å². The third kappa shape index (κ3) is 6.34. The zero-order valence-electron chi connectivity index (χ0n) is 12.5. The van der Waals surface area contributed by atoms with Gasteiger partial charge in [0, 0.05) is 32.9 Å². The van der Waals surface area contributed by atoms with E-state index in [1.807, 2.05) is 19.2 Å². The van der Waals surface area contributed by atoms with Gasteiger partial charge in [0.15, 0.2) is 0 Å². The van der Waals surface area contributed by atoms with Crippen molar-refractivity contribution in [2.24, 2.45) is 5.73 Å². The number of hydrogen-bond donors (Lipinski definition) is 1. The highest BCUT2D eigenvalue weighted by Gasteiger charge is 2.05. The van der Waals surface area contributed by atoms with Crippen molar-refractivity contribution < 1.29 is 14.2 Å². The molecule has 0 heterocycles. The van der Waals surface area contributed by atoms with Gasteiger partial charge in [0.05, 0.1) is 33.0 Å². The van der Waals surface area contributed by atoms with E-state index >= 15 is 0 Å². The zero-order valence-corrected chi connectivity index (χ0v) is 12.5. The van der Waals surface area contributed by atoms with E-state index in [9.17, 15) is 0 Å². The van der Waals surface area contributed by atoms with Crippen LogP contribution in [-0.4, -0.2) is 53.7 Å². The summed E-state index contributed by atoms with van der Waals surface area (Å²) in [5, 5.41) is 0. The van der Waals surface area contributed by atoms with Gasteiger partial charge in [0.1, 0.15) is 0 Å². The third-order valence-corrected chi connectivity index (χ3v) is 3.00. The second kappa shape index (κ2) is 10.6. The molecule has 114 valence electrons. The van der Waals surface area contributed by atoms with Crippen LogP contribution in [-0.2, 0) is 20.8 Å². The Labute approximate surface area is 121 Å². The Bertz CT molecular complexity index is 361. The second-order valence-corrected chi connectivity index (χ2v) is 4.47. The quantitative estimate of drug-likeness (QED) is 0.619. The summed E-state index contributed by atoms with van der Waals surface area (Å²) in [5.74, 6) is 0. The highest BCUT2D eigenvalue weighted by Crippen LogP contribution is 2.17. The standard InChI is InChI=1S/C15H26N2O3/c1-17(15-6-4-3-5-14(15)13-16)7-8-19-11-12-20-10-9-18-2/h3-6H,7-13,16H2,1-2H3. The monoisotopic (exact) mass is 282 g/mol. The van der Waals surface area contributed by atoms with Gasteiger partial charge in [-0.25, -0.2) is 0 Å². The number of rotatable bonds is 11. The Morgan fingerprint density at radius 3 is 2.35 bits per heavy atom. The summed E-state index contributed by atoms with van der Waals surface area (Å²) in [6, 6.07) is 8.16. The van der Waals surface area contributed by atoms with Crippen molar-refractivity contribution in [2.45, 2.75) is 6.54 Å². The van der Waals surface area contributed by atoms with Gasteiger partial charge in [-0.3, -0.25) is 0 Å². The number of para-hydroxylation sites is 1.